The SMILES string of the molecule is CC(C)c1ncc(CN2c3ccccc3C3(COc4cc5c(cc43)OCO5)c3ccccc32)s1. The van der Waals surface area contributed by atoms with E-state index in [4.69, 9.17) is 14.2 Å². The normalized spacial score (nSPS) is 16.4. The van der Waals surface area contributed by atoms with Crippen LogP contribution >= 0.6 is 11.3 Å². The largest absolute Gasteiger partial charge is 0.491 e. The van der Waals surface area contributed by atoms with E-state index in [1.165, 1.54) is 32.4 Å². The zero-order valence-electron chi connectivity index (χ0n) is 19.1. The van der Waals surface area contributed by atoms with E-state index >= 15 is 0 Å². The van der Waals surface area contributed by atoms with Crippen LogP contribution in [0.5, 0.6) is 17.2 Å². The van der Waals surface area contributed by atoms with Gasteiger partial charge in [0, 0.05) is 40.0 Å². The molecule has 6 heteroatoms. The van der Waals surface area contributed by atoms with Gasteiger partial charge in [-0.3, -0.25) is 0 Å². The third-order valence-corrected chi connectivity index (χ3v) is 8.35. The topological polar surface area (TPSA) is 43.8 Å². The second-order valence-corrected chi connectivity index (χ2v) is 10.5. The Bertz CT molecular complexity index is 1380. The van der Waals surface area contributed by atoms with E-state index in [0.29, 0.717) is 12.5 Å². The van der Waals surface area contributed by atoms with Gasteiger partial charge in [-0.25, -0.2) is 4.98 Å². The van der Waals surface area contributed by atoms with E-state index in [9.17, 15) is 0 Å². The Morgan fingerprint density at radius 2 is 1.56 bits per heavy atom. The number of fused-ring (bicyclic) bond motifs is 7. The lowest BCUT2D eigenvalue weighted by Gasteiger charge is -2.43. The summed E-state index contributed by atoms with van der Waals surface area (Å²) in [5.74, 6) is 2.84. The Hall–Kier alpha value is -3.51. The molecule has 0 radical (unpaired) electrons. The number of nitrogens with zero attached hydrogens (tertiary/aromatic N) is 2. The molecule has 1 aromatic heterocycles. The van der Waals surface area contributed by atoms with Crippen molar-refractivity contribution in [2.45, 2.75) is 31.7 Å². The van der Waals surface area contributed by atoms with Crippen molar-refractivity contribution in [3.8, 4) is 17.2 Å². The number of hydrogen-bond acceptors (Lipinski definition) is 6. The van der Waals surface area contributed by atoms with Gasteiger partial charge < -0.3 is 19.1 Å². The van der Waals surface area contributed by atoms with Crippen molar-refractivity contribution in [2.24, 2.45) is 0 Å². The van der Waals surface area contributed by atoms with Gasteiger partial charge in [-0.15, -0.1) is 11.3 Å². The van der Waals surface area contributed by atoms with Crippen LogP contribution in [-0.2, 0) is 12.0 Å². The minimum absolute atomic E-state index is 0.249. The van der Waals surface area contributed by atoms with Gasteiger partial charge in [0.2, 0.25) is 6.79 Å². The highest BCUT2D eigenvalue weighted by molar-refractivity contribution is 7.11. The van der Waals surface area contributed by atoms with Crippen molar-refractivity contribution in [3.05, 3.63) is 93.4 Å². The maximum atomic E-state index is 6.35. The number of aromatic nitrogens is 1. The van der Waals surface area contributed by atoms with Crippen LogP contribution in [0.1, 0.15) is 46.3 Å². The summed E-state index contributed by atoms with van der Waals surface area (Å²) in [5, 5.41) is 1.18. The molecule has 0 saturated heterocycles. The molecule has 5 nitrogen and oxygen atoms in total. The van der Waals surface area contributed by atoms with E-state index in [1.807, 2.05) is 12.3 Å². The molecule has 1 spiro atoms. The van der Waals surface area contributed by atoms with Crippen molar-refractivity contribution >= 4 is 22.7 Å². The van der Waals surface area contributed by atoms with Gasteiger partial charge in [-0.2, -0.15) is 0 Å². The molecule has 170 valence electrons. The summed E-state index contributed by atoms with van der Waals surface area (Å²) in [6, 6.07) is 21.5. The summed E-state index contributed by atoms with van der Waals surface area (Å²) < 4.78 is 17.7. The Balaban J connectivity index is 1.43. The number of benzene rings is 3. The molecule has 3 aliphatic rings. The third-order valence-electron chi connectivity index (χ3n) is 7.07. The molecule has 0 N–H and O–H groups in total. The highest BCUT2D eigenvalue weighted by atomic mass is 32.1. The lowest BCUT2D eigenvalue weighted by atomic mass is 9.67. The summed E-state index contributed by atoms with van der Waals surface area (Å²) in [5.41, 5.74) is 5.64. The van der Waals surface area contributed by atoms with Crippen LogP contribution in [-0.4, -0.2) is 18.4 Å². The van der Waals surface area contributed by atoms with Gasteiger partial charge in [0.25, 0.3) is 0 Å². The fourth-order valence-corrected chi connectivity index (χ4v) is 6.40. The fraction of sp³-hybridized carbons (Fsp3) is 0.250. The van der Waals surface area contributed by atoms with Gasteiger partial charge >= 0.3 is 0 Å². The maximum absolute atomic E-state index is 6.35. The molecule has 4 aromatic rings. The van der Waals surface area contributed by atoms with Crippen LogP contribution in [0.25, 0.3) is 0 Å². The standard InChI is InChI=1S/C28H24N2O3S/c1-17(2)27-29-13-18(34-27)14-30-22-9-5-3-7-19(22)28(20-8-4-6-10-23(20)30)15-31-24-12-26-25(11-21(24)28)32-16-33-26/h3-13,17H,14-16H2,1-2H3. The molecule has 0 aliphatic carbocycles. The van der Waals surface area contributed by atoms with Crippen LogP contribution in [0.15, 0.2) is 66.9 Å². The lowest BCUT2D eigenvalue weighted by molar-refractivity contribution is 0.173. The molecule has 0 amide bonds. The average Bonchev–Trinajstić information content (AvgIpc) is 3.60. The predicted octanol–water partition coefficient (Wildman–Crippen LogP) is 6.37. The van der Waals surface area contributed by atoms with Crippen molar-refractivity contribution in [3.63, 3.8) is 0 Å². The van der Waals surface area contributed by atoms with Crippen LogP contribution in [0.4, 0.5) is 11.4 Å². The number of para-hydroxylation sites is 2. The number of hydrogen-bond donors (Lipinski definition) is 0. The van der Waals surface area contributed by atoms with Gasteiger partial charge in [0.15, 0.2) is 11.5 Å². The molecule has 3 aromatic carbocycles. The summed E-state index contributed by atoms with van der Waals surface area (Å²) in [4.78, 5) is 8.36. The zero-order valence-corrected chi connectivity index (χ0v) is 19.9. The Labute approximate surface area is 202 Å². The first-order valence-electron chi connectivity index (χ1n) is 11.6. The van der Waals surface area contributed by atoms with E-state index in [2.05, 4.69) is 78.3 Å². The van der Waals surface area contributed by atoms with Crippen molar-refractivity contribution in [1.82, 2.24) is 4.98 Å². The molecule has 4 heterocycles. The first kappa shape index (κ1) is 19.9. The summed E-state index contributed by atoms with van der Waals surface area (Å²) in [6.45, 7) is 5.97. The third kappa shape index (κ3) is 2.69. The molecular formula is C28H24N2O3S. The smallest absolute Gasteiger partial charge is 0.231 e. The predicted molar refractivity (Wildman–Crippen MR) is 133 cm³/mol. The second kappa shape index (κ2) is 7.24. The number of thiazole rings is 1. The molecule has 0 fully saturated rings. The Kier molecular flexibility index (Phi) is 4.24. The molecule has 0 unspecified atom stereocenters. The first-order chi connectivity index (χ1) is 16.6. The molecule has 0 saturated carbocycles. The fourth-order valence-electron chi connectivity index (χ4n) is 5.49. The highest BCUT2D eigenvalue weighted by Gasteiger charge is 2.50. The van der Waals surface area contributed by atoms with Gasteiger partial charge in [-0.05, 0) is 29.3 Å². The Morgan fingerprint density at radius 1 is 0.882 bits per heavy atom. The van der Waals surface area contributed by atoms with Gasteiger partial charge in [0.1, 0.15) is 12.4 Å². The highest BCUT2D eigenvalue weighted by Crippen LogP contribution is 2.59. The van der Waals surface area contributed by atoms with Crippen LogP contribution in [0, 0.1) is 0 Å². The lowest BCUT2D eigenvalue weighted by Crippen LogP contribution is -2.39. The van der Waals surface area contributed by atoms with E-state index in [1.54, 1.807) is 11.3 Å². The number of ether oxygens (including phenoxy) is 3. The second-order valence-electron chi connectivity index (χ2n) is 9.34. The van der Waals surface area contributed by atoms with E-state index in [-0.39, 0.29) is 6.79 Å². The van der Waals surface area contributed by atoms with Crippen LogP contribution in [0.2, 0.25) is 0 Å². The van der Waals surface area contributed by atoms with Crippen molar-refractivity contribution < 1.29 is 14.2 Å². The zero-order chi connectivity index (χ0) is 22.9. The first-order valence-corrected chi connectivity index (χ1v) is 12.4. The molecule has 3 aliphatic heterocycles. The van der Waals surface area contributed by atoms with E-state index < -0.39 is 5.41 Å². The summed E-state index contributed by atoms with van der Waals surface area (Å²) >= 11 is 1.80. The molecular weight excluding hydrogens is 444 g/mol. The minimum Gasteiger partial charge on any atom is -0.491 e. The van der Waals surface area contributed by atoms with Gasteiger partial charge in [-0.1, -0.05) is 50.2 Å². The summed E-state index contributed by atoms with van der Waals surface area (Å²) in [6.07, 6.45) is 2.03. The monoisotopic (exact) mass is 468 g/mol. The van der Waals surface area contributed by atoms with Gasteiger partial charge in [0.05, 0.1) is 17.0 Å². The molecule has 0 bridgehead atoms. The summed E-state index contributed by atoms with van der Waals surface area (Å²) in [7, 11) is 0. The minimum atomic E-state index is -0.406. The average molecular weight is 469 g/mol. The van der Waals surface area contributed by atoms with Crippen molar-refractivity contribution in [1.29, 1.82) is 0 Å². The van der Waals surface area contributed by atoms with Crippen LogP contribution < -0.4 is 19.1 Å². The van der Waals surface area contributed by atoms with E-state index in [0.717, 1.165) is 29.4 Å². The molecule has 34 heavy (non-hydrogen) atoms. The quantitative estimate of drug-likeness (QED) is 0.349. The molecule has 7 rings (SSSR count). The van der Waals surface area contributed by atoms with Crippen molar-refractivity contribution in [2.75, 3.05) is 18.3 Å². The number of rotatable bonds is 3. The number of anilines is 2. The maximum Gasteiger partial charge on any atom is 0.231 e. The Morgan fingerprint density at radius 3 is 2.24 bits per heavy atom. The van der Waals surface area contributed by atoms with Crippen LogP contribution in [0.3, 0.4) is 0 Å². The molecule has 0 atom stereocenters.